The fourth-order valence-corrected chi connectivity index (χ4v) is 7.04. The molecule has 9 rings (SSSR count). The van der Waals surface area contributed by atoms with Crippen molar-refractivity contribution in [3.63, 3.8) is 0 Å². The molecule has 6 aromatic rings. The number of anilines is 8. The first kappa shape index (κ1) is 33.3. The number of benzene rings is 6. The van der Waals surface area contributed by atoms with E-state index in [1.165, 1.54) is 0 Å². The number of rotatable bonds is 10. The zero-order chi connectivity index (χ0) is 37.1. The first-order valence-corrected chi connectivity index (χ1v) is 18.2. The molecule has 9 nitrogen and oxygen atoms in total. The lowest BCUT2D eigenvalue weighted by Crippen LogP contribution is -2.41. The number of amidine groups is 3. The van der Waals surface area contributed by atoms with E-state index in [1.807, 2.05) is 61.5 Å². The second kappa shape index (κ2) is 14.5. The first-order chi connectivity index (χ1) is 27.2. The Labute approximate surface area is 320 Å². The third-order valence-corrected chi connectivity index (χ3v) is 9.60. The number of aliphatic imine (C=N–C) groups is 4. The van der Waals surface area contributed by atoms with Crippen LogP contribution in [0.2, 0.25) is 0 Å². The summed E-state index contributed by atoms with van der Waals surface area (Å²) in [5, 5.41) is 6.82. The normalized spacial score (nSPS) is 14.1. The van der Waals surface area contributed by atoms with Gasteiger partial charge in [0.15, 0.2) is 11.7 Å². The molecule has 0 aliphatic carbocycles. The topological polar surface area (TPSA) is 83.2 Å². The summed E-state index contributed by atoms with van der Waals surface area (Å²) in [7, 11) is 3.84. The van der Waals surface area contributed by atoms with Crippen LogP contribution < -0.4 is 20.4 Å². The zero-order valence-electron chi connectivity index (χ0n) is 30.4. The van der Waals surface area contributed by atoms with E-state index >= 15 is 0 Å². The van der Waals surface area contributed by atoms with E-state index < -0.39 is 0 Å². The van der Waals surface area contributed by atoms with E-state index in [4.69, 9.17) is 20.0 Å². The van der Waals surface area contributed by atoms with Crippen LogP contribution in [-0.2, 0) is 0 Å². The van der Waals surface area contributed by atoms with Crippen LogP contribution in [0.5, 0.6) is 0 Å². The minimum Gasteiger partial charge on any atom is -0.387 e. The molecule has 3 heterocycles. The third-order valence-electron chi connectivity index (χ3n) is 9.60. The fraction of sp³-hybridized carbons (Fsp3) is 0.0435. The van der Waals surface area contributed by atoms with Gasteiger partial charge in [-0.3, -0.25) is 0 Å². The molecule has 3 aliphatic rings. The standard InChI is InChI=1S/C46H37N9/c1-47-40-30-36(53(32-16-7-3-8-17-32)33-18-9-4-10-19-33)26-28-38(40)44-49-42-24-15-25-43-50-45(52-46(51-44)55(42)43)39-29-27-37(31-41(39)48-2)54(34-20-11-5-12-21-34)35-22-13-6-14-23-35/h3-31,47-48H,1-2H3. The van der Waals surface area contributed by atoms with Crippen LogP contribution in [0.4, 0.5) is 45.5 Å². The molecule has 0 atom stereocenters. The molecule has 6 aromatic carbocycles. The molecule has 55 heavy (non-hydrogen) atoms. The Kier molecular flexibility index (Phi) is 8.77. The van der Waals surface area contributed by atoms with Crippen LogP contribution in [0.25, 0.3) is 0 Å². The van der Waals surface area contributed by atoms with E-state index in [0.717, 1.165) is 56.6 Å². The van der Waals surface area contributed by atoms with Gasteiger partial charge >= 0.3 is 0 Å². The molecule has 0 saturated carbocycles. The average molecular weight is 716 g/mol. The predicted molar refractivity (Wildman–Crippen MR) is 228 cm³/mol. The molecular formula is C46H37N9. The van der Waals surface area contributed by atoms with E-state index in [9.17, 15) is 0 Å². The van der Waals surface area contributed by atoms with Crippen molar-refractivity contribution in [2.45, 2.75) is 0 Å². The van der Waals surface area contributed by atoms with Crippen molar-refractivity contribution in [2.75, 3.05) is 34.5 Å². The van der Waals surface area contributed by atoms with Gasteiger partial charge in [0, 0.05) is 70.7 Å². The van der Waals surface area contributed by atoms with Crippen LogP contribution in [0.1, 0.15) is 11.1 Å². The lowest BCUT2D eigenvalue weighted by atomic mass is 10.1. The molecule has 3 aliphatic heterocycles. The number of allylic oxidation sites excluding steroid dienone is 2. The molecular weight excluding hydrogens is 679 g/mol. The molecule has 0 fully saturated rings. The summed E-state index contributed by atoms with van der Waals surface area (Å²) in [6.07, 6.45) is 5.89. The van der Waals surface area contributed by atoms with Gasteiger partial charge in [0.25, 0.3) is 0 Å². The van der Waals surface area contributed by atoms with E-state index in [-0.39, 0.29) is 0 Å². The number of nitrogens with zero attached hydrogens (tertiary/aromatic N) is 7. The van der Waals surface area contributed by atoms with E-state index in [1.54, 1.807) is 0 Å². The Morgan fingerprint density at radius 3 is 1.33 bits per heavy atom. The predicted octanol–water partition coefficient (Wildman–Crippen LogP) is 10.4. The van der Waals surface area contributed by atoms with E-state index in [0.29, 0.717) is 29.3 Å². The smallest absolute Gasteiger partial charge is 0.241 e. The molecule has 0 aromatic heterocycles. The van der Waals surface area contributed by atoms with Crippen LogP contribution in [-0.4, -0.2) is 42.5 Å². The highest BCUT2D eigenvalue weighted by molar-refractivity contribution is 6.26. The molecule has 0 radical (unpaired) electrons. The summed E-state index contributed by atoms with van der Waals surface area (Å²) >= 11 is 0. The summed E-state index contributed by atoms with van der Waals surface area (Å²) in [6, 6.07) is 54.1. The number of hydrogen-bond donors (Lipinski definition) is 2. The van der Waals surface area contributed by atoms with Gasteiger partial charge in [0.05, 0.1) is 0 Å². The quantitative estimate of drug-likeness (QED) is 0.148. The van der Waals surface area contributed by atoms with Gasteiger partial charge in [-0.05, 0) is 97.1 Å². The first-order valence-electron chi connectivity index (χ1n) is 18.2. The minimum absolute atomic E-state index is 0.503. The lowest BCUT2D eigenvalue weighted by molar-refractivity contribution is 0.711. The SMILES string of the molecule is CNc1cc(N(c2ccccc2)c2ccccc2)ccc1C1=NC2=CC=CC3=NC(c4ccc(N(c5ccccc5)c5ccccc5)cc4NC)=NC(=N1)N23. The summed E-state index contributed by atoms with van der Waals surface area (Å²) < 4.78 is 0. The second-order valence-electron chi connectivity index (χ2n) is 12.9. The highest BCUT2D eigenvalue weighted by Gasteiger charge is 2.32. The van der Waals surface area contributed by atoms with Crippen LogP contribution in [0.15, 0.2) is 202 Å². The van der Waals surface area contributed by atoms with Crippen LogP contribution in [0.3, 0.4) is 0 Å². The number of nitrogens with one attached hydrogen (secondary N) is 2. The molecule has 9 heteroatoms. The van der Waals surface area contributed by atoms with Crippen molar-refractivity contribution < 1.29 is 0 Å². The molecule has 266 valence electrons. The van der Waals surface area contributed by atoms with Gasteiger partial charge in [0.1, 0.15) is 11.7 Å². The molecule has 0 amide bonds. The van der Waals surface area contributed by atoms with Gasteiger partial charge < -0.3 is 20.4 Å². The Morgan fingerprint density at radius 2 is 0.891 bits per heavy atom. The maximum atomic E-state index is 5.08. The van der Waals surface area contributed by atoms with Crippen molar-refractivity contribution in [3.05, 3.63) is 193 Å². The maximum absolute atomic E-state index is 5.08. The summed E-state index contributed by atoms with van der Waals surface area (Å²) in [5.41, 5.74) is 9.75. The zero-order valence-corrected chi connectivity index (χ0v) is 30.4. The van der Waals surface area contributed by atoms with Crippen LogP contribution >= 0.6 is 0 Å². The van der Waals surface area contributed by atoms with Gasteiger partial charge in [-0.25, -0.2) is 14.9 Å². The Bertz CT molecular complexity index is 2340. The van der Waals surface area contributed by atoms with Gasteiger partial charge in [-0.15, -0.1) is 0 Å². The maximum Gasteiger partial charge on any atom is 0.241 e. The number of hydrogen-bond acceptors (Lipinski definition) is 9. The summed E-state index contributed by atoms with van der Waals surface area (Å²) in [5.74, 6) is 3.03. The highest BCUT2D eigenvalue weighted by Crippen LogP contribution is 2.39. The molecule has 0 unspecified atom stereocenters. The minimum atomic E-state index is 0.503. The highest BCUT2D eigenvalue weighted by atomic mass is 15.4. The fourth-order valence-electron chi connectivity index (χ4n) is 7.04. The number of para-hydroxylation sites is 4. The van der Waals surface area contributed by atoms with E-state index in [2.05, 4.69) is 154 Å². The van der Waals surface area contributed by atoms with Gasteiger partial charge in [-0.2, -0.15) is 9.98 Å². The largest absolute Gasteiger partial charge is 0.387 e. The molecule has 0 bridgehead atoms. The number of guanidine groups is 1. The summed E-state index contributed by atoms with van der Waals surface area (Å²) in [4.78, 5) is 26.6. The van der Waals surface area contributed by atoms with Crippen molar-refractivity contribution >= 4 is 69.0 Å². The second-order valence-corrected chi connectivity index (χ2v) is 12.9. The molecule has 2 N–H and O–H groups in total. The molecule has 0 spiro atoms. The molecule has 0 saturated heterocycles. The van der Waals surface area contributed by atoms with Crippen molar-refractivity contribution in [2.24, 2.45) is 20.0 Å². The monoisotopic (exact) mass is 715 g/mol. The van der Waals surface area contributed by atoms with Crippen LogP contribution in [0, 0.1) is 0 Å². The van der Waals surface area contributed by atoms with Crippen molar-refractivity contribution in [3.8, 4) is 0 Å². The third kappa shape index (κ3) is 6.34. The average Bonchev–Trinajstić information content (AvgIpc) is 3.25. The lowest BCUT2D eigenvalue weighted by Gasteiger charge is -2.32. The van der Waals surface area contributed by atoms with Gasteiger partial charge in [0.2, 0.25) is 5.96 Å². The van der Waals surface area contributed by atoms with Gasteiger partial charge in [-0.1, -0.05) is 78.9 Å². The summed E-state index contributed by atoms with van der Waals surface area (Å²) in [6.45, 7) is 0. The Balaban J connectivity index is 1.10. The Hall–Kier alpha value is -7.52. The Morgan fingerprint density at radius 1 is 0.455 bits per heavy atom. The van der Waals surface area contributed by atoms with Crippen molar-refractivity contribution in [1.29, 1.82) is 0 Å². The van der Waals surface area contributed by atoms with Crippen molar-refractivity contribution in [1.82, 2.24) is 4.90 Å².